The lowest BCUT2D eigenvalue weighted by Gasteiger charge is -2.21. The Kier molecular flexibility index (Phi) is 5.55. The zero-order valence-electron chi connectivity index (χ0n) is 18.1. The summed E-state index contributed by atoms with van der Waals surface area (Å²) in [5, 5.41) is 0. The molecular weight excluding hydrogens is 352 g/mol. The van der Waals surface area contributed by atoms with Gasteiger partial charge in [-0.25, -0.2) is 9.98 Å². The summed E-state index contributed by atoms with van der Waals surface area (Å²) in [6.45, 7) is 14.2. The molecule has 0 amide bonds. The van der Waals surface area contributed by atoms with E-state index in [9.17, 15) is 0 Å². The predicted octanol–water partition coefficient (Wildman–Crippen LogP) is 4.77. The number of hydrogen-bond acceptors (Lipinski definition) is 5. The van der Waals surface area contributed by atoms with E-state index in [1.54, 1.807) is 7.11 Å². The highest BCUT2D eigenvalue weighted by Gasteiger charge is 2.36. The molecule has 152 valence electrons. The Balaban J connectivity index is 1.99. The Bertz CT molecular complexity index is 751. The minimum atomic E-state index is 0.0409. The molecule has 0 radical (unpaired) electrons. The molecule has 0 aliphatic carbocycles. The first-order valence-electron chi connectivity index (χ1n) is 9.85. The van der Waals surface area contributed by atoms with Gasteiger partial charge in [-0.05, 0) is 34.6 Å². The van der Waals surface area contributed by atoms with Gasteiger partial charge in [-0.3, -0.25) is 0 Å². The van der Waals surface area contributed by atoms with E-state index in [4.69, 9.17) is 24.2 Å². The molecule has 0 saturated heterocycles. The van der Waals surface area contributed by atoms with E-state index >= 15 is 0 Å². The van der Waals surface area contributed by atoms with Crippen LogP contribution in [0.1, 0.15) is 47.1 Å². The van der Waals surface area contributed by atoms with Gasteiger partial charge in [0.1, 0.15) is 19.0 Å². The van der Waals surface area contributed by atoms with Crippen LogP contribution in [-0.4, -0.2) is 44.2 Å². The average molecular weight is 385 g/mol. The second-order valence-corrected chi connectivity index (χ2v) is 9.59. The number of rotatable bonds is 4. The van der Waals surface area contributed by atoms with Crippen LogP contribution in [0.3, 0.4) is 0 Å². The average Bonchev–Trinajstić information content (AvgIpc) is 3.29. The normalized spacial score (nSPS) is 22.1. The van der Waals surface area contributed by atoms with Crippen LogP contribution in [0.2, 0.25) is 0 Å². The van der Waals surface area contributed by atoms with Gasteiger partial charge in [0, 0.05) is 0 Å². The van der Waals surface area contributed by atoms with Crippen LogP contribution in [0, 0.1) is 10.8 Å². The maximum absolute atomic E-state index is 6.00. The van der Waals surface area contributed by atoms with Crippen LogP contribution in [0.15, 0.2) is 39.8 Å². The number of benzene rings is 1. The highest BCUT2D eigenvalue weighted by molar-refractivity contribution is 6.22. The van der Waals surface area contributed by atoms with Crippen LogP contribution in [0.4, 0.5) is 0 Å². The molecule has 0 bridgehead atoms. The van der Waals surface area contributed by atoms with Crippen molar-refractivity contribution in [2.75, 3.05) is 20.3 Å². The molecule has 2 atom stereocenters. The second kappa shape index (κ2) is 7.61. The number of aliphatic imine (C=N–C) groups is 2. The van der Waals surface area contributed by atoms with E-state index in [1.807, 2.05) is 30.3 Å². The van der Waals surface area contributed by atoms with Gasteiger partial charge < -0.3 is 14.2 Å². The quantitative estimate of drug-likeness (QED) is 0.752. The van der Waals surface area contributed by atoms with Gasteiger partial charge in [-0.2, -0.15) is 0 Å². The van der Waals surface area contributed by atoms with Crippen LogP contribution in [0.25, 0.3) is 6.08 Å². The number of methoxy groups -OCH3 is 1. The van der Waals surface area contributed by atoms with Crippen molar-refractivity contribution >= 4 is 17.9 Å². The lowest BCUT2D eigenvalue weighted by Crippen LogP contribution is -2.25. The standard InChI is InChI=1S/C23H32N2O3/c1-22(2,3)18-13-27-20(24-18)17(12-15-8-10-16(26-7)11-9-15)21-25-19(14-28-21)23(4,5)6/h8-12,18-19H,13-14H2,1-7H3/t18-,19-/m1/s1. The van der Waals surface area contributed by atoms with Gasteiger partial charge in [0.15, 0.2) is 0 Å². The summed E-state index contributed by atoms with van der Waals surface area (Å²) in [7, 11) is 1.66. The van der Waals surface area contributed by atoms with E-state index < -0.39 is 0 Å². The molecule has 2 heterocycles. The fourth-order valence-corrected chi connectivity index (χ4v) is 3.01. The number of hydrogen-bond donors (Lipinski definition) is 0. The third-order valence-electron chi connectivity index (χ3n) is 5.19. The van der Waals surface area contributed by atoms with Gasteiger partial charge in [0.25, 0.3) is 0 Å². The minimum Gasteiger partial charge on any atom is -0.497 e. The maximum atomic E-state index is 6.00. The molecule has 5 heteroatoms. The van der Waals surface area contributed by atoms with Crippen molar-refractivity contribution < 1.29 is 14.2 Å². The van der Waals surface area contributed by atoms with Crippen molar-refractivity contribution in [2.45, 2.75) is 53.6 Å². The molecule has 0 aromatic heterocycles. The fourth-order valence-electron chi connectivity index (χ4n) is 3.01. The topological polar surface area (TPSA) is 52.4 Å². The summed E-state index contributed by atoms with van der Waals surface area (Å²) in [5.74, 6) is 2.05. The Labute approximate surface area is 168 Å². The van der Waals surface area contributed by atoms with Gasteiger partial charge in [0.2, 0.25) is 11.8 Å². The Hall–Kier alpha value is -2.30. The third-order valence-corrected chi connectivity index (χ3v) is 5.19. The Morgan fingerprint density at radius 3 is 1.71 bits per heavy atom. The largest absolute Gasteiger partial charge is 0.497 e. The minimum absolute atomic E-state index is 0.0409. The molecule has 3 rings (SSSR count). The van der Waals surface area contributed by atoms with Gasteiger partial charge in [-0.15, -0.1) is 0 Å². The first-order chi connectivity index (χ1) is 13.1. The van der Waals surface area contributed by atoms with Crippen molar-refractivity contribution in [1.82, 2.24) is 0 Å². The highest BCUT2D eigenvalue weighted by atomic mass is 16.5. The van der Waals surface area contributed by atoms with E-state index in [-0.39, 0.29) is 22.9 Å². The van der Waals surface area contributed by atoms with Crippen molar-refractivity contribution in [3.63, 3.8) is 0 Å². The van der Waals surface area contributed by atoms with Crippen LogP contribution in [0.5, 0.6) is 5.75 Å². The highest BCUT2D eigenvalue weighted by Crippen LogP contribution is 2.31. The van der Waals surface area contributed by atoms with Crippen LogP contribution >= 0.6 is 0 Å². The van der Waals surface area contributed by atoms with Crippen LogP contribution < -0.4 is 4.74 Å². The van der Waals surface area contributed by atoms with Gasteiger partial charge >= 0.3 is 0 Å². The molecule has 1 aromatic carbocycles. The lowest BCUT2D eigenvalue weighted by atomic mass is 9.88. The summed E-state index contributed by atoms with van der Waals surface area (Å²) < 4.78 is 17.3. The van der Waals surface area contributed by atoms with Crippen molar-refractivity contribution in [3.05, 3.63) is 35.4 Å². The Morgan fingerprint density at radius 1 is 0.893 bits per heavy atom. The molecule has 5 nitrogen and oxygen atoms in total. The zero-order valence-corrected chi connectivity index (χ0v) is 18.1. The predicted molar refractivity (Wildman–Crippen MR) is 114 cm³/mol. The second-order valence-electron chi connectivity index (χ2n) is 9.59. The zero-order chi connectivity index (χ0) is 20.5. The summed E-state index contributed by atoms with van der Waals surface area (Å²) >= 11 is 0. The molecular formula is C23H32N2O3. The summed E-state index contributed by atoms with van der Waals surface area (Å²) in [6, 6.07) is 8.12. The van der Waals surface area contributed by atoms with Gasteiger partial charge in [0.05, 0.1) is 24.8 Å². The lowest BCUT2D eigenvalue weighted by molar-refractivity contribution is 0.232. The van der Waals surface area contributed by atoms with E-state index in [0.29, 0.717) is 25.0 Å². The third kappa shape index (κ3) is 4.57. The summed E-state index contributed by atoms with van der Waals surface area (Å²) in [4.78, 5) is 9.72. The van der Waals surface area contributed by atoms with E-state index in [1.165, 1.54) is 0 Å². The molecule has 0 fully saturated rings. The molecule has 0 spiro atoms. The molecule has 0 unspecified atom stereocenters. The van der Waals surface area contributed by atoms with Gasteiger partial charge in [-0.1, -0.05) is 53.7 Å². The van der Waals surface area contributed by atoms with Crippen molar-refractivity contribution in [2.24, 2.45) is 20.8 Å². The van der Waals surface area contributed by atoms with E-state index in [2.05, 4.69) is 41.5 Å². The SMILES string of the molecule is COc1ccc(C=C(C2=N[C@@H](C(C)(C)C)CO2)C2=N[C@@H](C(C)(C)C)CO2)cc1. The molecule has 28 heavy (non-hydrogen) atoms. The number of nitrogens with zero attached hydrogens (tertiary/aromatic N) is 2. The fraction of sp³-hybridized carbons (Fsp3) is 0.565. The first-order valence-corrected chi connectivity index (χ1v) is 9.85. The van der Waals surface area contributed by atoms with Crippen molar-refractivity contribution in [3.8, 4) is 5.75 Å². The molecule has 0 saturated carbocycles. The summed E-state index contributed by atoms with van der Waals surface area (Å²) in [6.07, 6.45) is 2.03. The van der Waals surface area contributed by atoms with Crippen LogP contribution in [-0.2, 0) is 9.47 Å². The Morgan fingerprint density at radius 2 is 1.36 bits per heavy atom. The van der Waals surface area contributed by atoms with Crippen molar-refractivity contribution in [1.29, 1.82) is 0 Å². The van der Waals surface area contributed by atoms with E-state index in [0.717, 1.165) is 16.9 Å². The maximum Gasteiger partial charge on any atom is 0.222 e. The number of ether oxygens (including phenoxy) is 3. The molecule has 0 N–H and O–H groups in total. The molecule has 2 aliphatic rings. The molecule has 2 aliphatic heterocycles. The summed E-state index contributed by atoms with van der Waals surface area (Å²) in [5.41, 5.74) is 1.91. The first kappa shape index (κ1) is 20.4. The molecule has 1 aromatic rings. The smallest absolute Gasteiger partial charge is 0.222 e. The monoisotopic (exact) mass is 384 g/mol.